The summed E-state index contributed by atoms with van der Waals surface area (Å²) >= 11 is 9.17. The summed E-state index contributed by atoms with van der Waals surface area (Å²) in [4.78, 5) is 27.9. The van der Waals surface area contributed by atoms with Crippen LogP contribution in [0.2, 0.25) is 5.02 Å². The smallest absolute Gasteiger partial charge is 0.357 e. The molecule has 1 aromatic carbocycles. The van der Waals surface area contributed by atoms with E-state index in [-0.39, 0.29) is 5.69 Å². The first-order valence-corrected chi connectivity index (χ1v) is 7.93. The molecule has 1 amide bonds. The number of benzene rings is 1. The van der Waals surface area contributed by atoms with E-state index < -0.39 is 18.0 Å². The maximum absolute atomic E-state index is 12.1. The number of hydrogen-bond acceptors (Lipinski definition) is 4. The minimum atomic E-state index is -0.975. The maximum Gasteiger partial charge on any atom is 0.357 e. The Labute approximate surface area is 147 Å². The summed E-state index contributed by atoms with van der Waals surface area (Å²) in [6, 6.07) is 8.44. The van der Waals surface area contributed by atoms with E-state index in [9.17, 15) is 9.59 Å². The molecule has 0 fully saturated rings. The molecule has 0 saturated heterocycles. The van der Waals surface area contributed by atoms with Gasteiger partial charge in [-0.25, -0.2) is 9.78 Å². The van der Waals surface area contributed by atoms with E-state index >= 15 is 0 Å². The van der Waals surface area contributed by atoms with Gasteiger partial charge in [0.05, 0.1) is 5.69 Å². The molecule has 120 valence electrons. The zero-order valence-electron chi connectivity index (χ0n) is 12.5. The van der Waals surface area contributed by atoms with Crippen molar-refractivity contribution in [1.82, 2.24) is 4.98 Å². The number of rotatable bonds is 4. The van der Waals surface area contributed by atoms with Crippen LogP contribution in [0.4, 0.5) is 5.69 Å². The fourth-order valence-corrected chi connectivity index (χ4v) is 2.50. The van der Waals surface area contributed by atoms with Crippen LogP contribution in [0.1, 0.15) is 23.0 Å². The summed E-state index contributed by atoms with van der Waals surface area (Å²) in [5, 5.41) is 3.06. The Kier molecular flexibility index (Phi) is 5.74. The van der Waals surface area contributed by atoms with E-state index in [4.69, 9.17) is 16.3 Å². The van der Waals surface area contributed by atoms with Crippen molar-refractivity contribution in [3.8, 4) is 0 Å². The van der Waals surface area contributed by atoms with E-state index in [0.717, 1.165) is 10.0 Å². The highest BCUT2D eigenvalue weighted by Crippen LogP contribution is 2.23. The Bertz CT molecular complexity index is 752. The molecule has 2 aromatic rings. The lowest BCUT2D eigenvalue weighted by Gasteiger charge is -2.14. The van der Waals surface area contributed by atoms with Gasteiger partial charge in [-0.15, -0.1) is 0 Å². The van der Waals surface area contributed by atoms with Crippen molar-refractivity contribution in [1.29, 1.82) is 0 Å². The number of amides is 1. The summed E-state index contributed by atoms with van der Waals surface area (Å²) in [5.74, 6) is -1.15. The van der Waals surface area contributed by atoms with Crippen molar-refractivity contribution in [3.63, 3.8) is 0 Å². The topological polar surface area (TPSA) is 68.3 Å². The predicted octanol–water partition coefficient (Wildman–Crippen LogP) is 3.99. The number of hydrogen-bond donors (Lipinski definition) is 1. The van der Waals surface area contributed by atoms with Gasteiger partial charge in [-0.05, 0) is 59.6 Å². The van der Waals surface area contributed by atoms with Gasteiger partial charge in [0.2, 0.25) is 0 Å². The molecule has 0 bridgehead atoms. The number of anilines is 1. The van der Waals surface area contributed by atoms with E-state index in [2.05, 4.69) is 26.2 Å². The van der Waals surface area contributed by atoms with E-state index in [0.29, 0.717) is 10.7 Å². The average Bonchev–Trinajstić information content (AvgIpc) is 2.49. The highest BCUT2D eigenvalue weighted by Gasteiger charge is 2.20. The monoisotopic (exact) mass is 396 g/mol. The minimum absolute atomic E-state index is 0.0497. The van der Waals surface area contributed by atoms with Crippen LogP contribution >= 0.6 is 27.5 Å². The van der Waals surface area contributed by atoms with E-state index in [1.54, 1.807) is 12.1 Å². The van der Waals surface area contributed by atoms with Gasteiger partial charge >= 0.3 is 5.97 Å². The first kappa shape index (κ1) is 17.4. The lowest BCUT2D eigenvalue weighted by atomic mass is 10.2. The molecule has 0 unspecified atom stereocenters. The summed E-state index contributed by atoms with van der Waals surface area (Å²) < 4.78 is 5.85. The van der Waals surface area contributed by atoms with Crippen LogP contribution < -0.4 is 5.32 Å². The number of halogens is 2. The van der Waals surface area contributed by atoms with Crippen molar-refractivity contribution in [2.75, 3.05) is 5.32 Å². The van der Waals surface area contributed by atoms with Crippen LogP contribution in [0.25, 0.3) is 0 Å². The highest BCUT2D eigenvalue weighted by molar-refractivity contribution is 9.10. The number of aromatic nitrogens is 1. The summed E-state index contributed by atoms with van der Waals surface area (Å²) in [6.45, 7) is 3.43. The van der Waals surface area contributed by atoms with Crippen LogP contribution in [-0.4, -0.2) is 23.0 Å². The normalized spacial score (nSPS) is 11.7. The molecule has 5 nitrogen and oxygen atoms in total. The molecule has 7 heteroatoms. The Balaban J connectivity index is 2.01. The largest absolute Gasteiger partial charge is 0.448 e. The number of ether oxygens (including phenoxy) is 1. The van der Waals surface area contributed by atoms with Crippen LogP contribution in [0.5, 0.6) is 0 Å². The SMILES string of the molecule is Cc1ccc(NC(=O)[C@@H](C)OC(=O)c2cc(Cl)ccn2)c(Br)c1. The van der Waals surface area contributed by atoms with Crippen molar-refractivity contribution >= 4 is 45.1 Å². The molecular weight excluding hydrogens is 384 g/mol. The number of carbonyl (C=O) groups excluding carboxylic acids is 2. The van der Waals surface area contributed by atoms with Crippen molar-refractivity contribution in [2.24, 2.45) is 0 Å². The Hall–Kier alpha value is -1.92. The van der Waals surface area contributed by atoms with Crippen molar-refractivity contribution in [2.45, 2.75) is 20.0 Å². The third kappa shape index (κ3) is 4.77. The number of carbonyl (C=O) groups is 2. The third-order valence-corrected chi connectivity index (χ3v) is 3.86. The van der Waals surface area contributed by atoms with Crippen LogP contribution in [-0.2, 0) is 9.53 Å². The Morgan fingerprint density at radius 1 is 1.30 bits per heavy atom. The van der Waals surface area contributed by atoms with E-state index in [1.807, 2.05) is 19.1 Å². The summed E-state index contributed by atoms with van der Waals surface area (Å²) in [6.07, 6.45) is 0.420. The molecule has 0 radical (unpaired) electrons. The minimum Gasteiger partial charge on any atom is -0.448 e. The lowest BCUT2D eigenvalue weighted by molar-refractivity contribution is -0.123. The Morgan fingerprint density at radius 2 is 2.04 bits per heavy atom. The molecule has 1 atom stereocenters. The van der Waals surface area contributed by atoms with Gasteiger partial charge in [0.25, 0.3) is 5.91 Å². The van der Waals surface area contributed by atoms with E-state index in [1.165, 1.54) is 19.2 Å². The van der Waals surface area contributed by atoms with Gasteiger partial charge in [0.15, 0.2) is 6.10 Å². The third-order valence-electron chi connectivity index (χ3n) is 2.97. The van der Waals surface area contributed by atoms with Gasteiger partial charge in [-0.2, -0.15) is 0 Å². The average molecular weight is 398 g/mol. The second kappa shape index (κ2) is 7.57. The van der Waals surface area contributed by atoms with Crippen molar-refractivity contribution in [3.05, 3.63) is 57.3 Å². The van der Waals surface area contributed by atoms with Gasteiger partial charge in [-0.1, -0.05) is 17.7 Å². The Morgan fingerprint density at radius 3 is 2.70 bits per heavy atom. The number of nitrogens with one attached hydrogen (secondary N) is 1. The maximum atomic E-state index is 12.1. The van der Waals surface area contributed by atoms with Crippen LogP contribution in [0.3, 0.4) is 0 Å². The predicted molar refractivity (Wildman–Crippen MR) is 91.6 cm³/mol. The van der Waals surface area contributed by atoms with Crippen molar-refractivity contribution < 1.29 is 14.3 Å². The van der Waals surface area contributed by atoms with Gasteiger partial charge in [0, 0.05) is 15.7 Å². The van der Waals surface area contributed by atoms with Gasteiger partial charge in [0.1, 0.15) is 5.69 Å². The lowest BCUT2D eigenvalue weighted by Crippen LogP contribution is -2.30. The first-order valence-electron chi connectivity index (χ1n) is 6.76. The fraction of sp³-hybridized carbons (Fsp3) is 0.188. The molecule has 2 rings (SSSR count). The van der Waals surface area contributed by atoms with Gasteiger partial charge < -0.3 is 10.1 Å². The van der Waals surface area contributed by atoms with Crippen LogP contribution in [0.15, 0.2) is 41.0 Å². The molecule has 0 aliphatic carbocycles. The van der Waals surface area contributed by atoms with Crippen LogP contribution in [0, 0.1) is 6.92 Å². The molecule has 0 aliphatic heterocycles. The molecule has 1 heterocycles. The molecule has 0 saturated carbocycles. The number of pyridine rings is 1. The number of aryl methyl sites for hydroxylation is 1. The molecule has 23 heavy (non-hydrogen) atoms. The standard InChI is InChI=1S/C16H14BrClN2O3/c1-9-3-4-13(12(17)7-9)20-15(21)10(2)23-16(22)14-8-11(18)5-6-19-14/h3-8,10H,1-2H3,(H,20,21)/t10-/m1/s1. The highest BCUT2D eigenvalue weighted by atomic mass is 79.9. The molecule has 0 aliphatic rings. The molecular formula is C16H14BrClN2O3. The summed E-state index contributed by atoms with van der Waals surface area (Å²) in [5.41, 5.74) is 1.71. The molecule has 1 aromatic heterocycles. The molecule has 0 spiro atoms. The van der Waals surface area contributed by atoms with Gasteiger partial charge in [-0.3, -0.25) is 4.79 Å². The second-order valence-corrected chi connectivity index (χ2v) is 6.17. The quantitative estimate of drug-likeness (QED) is 0.792. The fourth-order valence-electron chi connectivity index (χ4n) is 1.75. The molecule has 1 N–H and O–H groups in total. The number of nitrogens with zero attached hydrogens (tertiary/aromatic N) is 1. The summed E-state index contributed by atoms with van der Waals surface area (Å²) in [7, 11) is 0. The zero-order valence-corrected chi connectivity index (χ0v) is 14.8. The zero-order chi connectivity index (χ0) is 17.0. The first-order chi connectivity index (χ1) is 10.9. The number of esters is 1. The second-order valence-electron chi connectivity index (χ2n) is 4.88.